The topological polar surface area (TPSA) is 71.8 Å². The second-order valence-corrected chi connectivity index (χ2v) is 6.46. The molecule has 0 spiro atoms. The van der Waals surface area contributed by atoms with Gasteiger partial charge in [0, 0.05) is 18.5 Å². The number of anilines is 1. The van der Waals surface area contributed by atoms with E-state index in [1.54, 1.807) is 4.68 Å². The number of piperidine rings is 1. The number of rotatable bonds is 3. The number of hydrogen-bond acceptors (Lipinski definition) is 4. The highest BCUT2D eigenvalue weighted by Crippen LogP contribution is 2.23. The van der Waals surface area contributed by atoms with Gasteiger partial charge in [0.1, 0.15) is 0 Å². The fourth-order valence-corrected chi connectivity index (χ4v) is 3.27. The van der Waals surface area contributed by atoms with E-state index in [1.807, 2.05) is 49.5 Å². The maximum Gasteiger partial charge on any atom is 0.258 e. The number of aryl methyl sites for hydroxylation is 1. The maximum atomic E-state index is 12.6. The number of halogens is 1. The van der Waals surface area contributed by atoms with Crippen molar-refractivity contribution in [3.05, 3.63) is 53.9 Å². The summed E-state index contributed by atoms with van der Waals surface area (Å²) >= 11 is 0. The maximum absolute atomic E-state index is 12.6. The van der Waals surface area contributed by atoms with E-state index < -0.39 is 0 Å². The average molecular weight is 372 g/mol. The smallest absolute Gasteiger partial charge is 0.258 e. The molecular formula is C19H22ClN5O. The molecule has 2 aromatic carbocycles. The second kappa shape index (κ2) is 7.85. The minimum atomic E-state index is -0.168. The summed E-state index contributed by atoms with van der Waals surface area (Å²) in [5.41, 5.74) is 0.616. The summed E-state index contributed by atoms with van der Waals surface area (Å²) in [4.78, 5) is 17.1. The van der Waals surface area contributed by atoms with E-state index in [9.17, 15) is 4.79 Å². The molecule has 2 heterocycles. The first-order valence-corrected chi connectivity index (χ1v) is 8.62. The Morgan fingerprint density at radius 2 is 1.88 bits per heavy atom. The number of fused-ring (bicyclic) bond motifs is 1. The molecule has 1 amide bonds. The fraction of sp³-hybridized carbons (Fsp3) is 0.316. The lowest BCUT2D eigenvalue weighted by Gasteiger charge is -2.19. The summed E-state index contributed by atoms with van der Waals surface area (Å²) in [6.07, 6.45) is 2.06. The van der Waals surface area contributed by atoms with Crippen molar-refractivity contribution in [2.24, 2.45) is 7.05 Å². The zero-order valence-electron chi connectivity index (χ0n) is 14.6. The van der Waals surface area contributed by atoms with E-state index in [0.29, 0.717) is 17.4 Å². The molecule has 136 valence electrons. The molecule has 26 heavy (non-hydrogen) atoms. The van der Waals surface area contributed by atoms with Crippen LogP contribution >= 0.6 is 12.4 Å². The van der Waals surface area contributed by atoms with Crippen LogP contribution in [0.4, 0.5) is 5.95 Å². The third kappa shape index (κ3) is 3.71. The summed E-state index contributed by atoms with van der Waals surface area (Å²) < 4.78 is 1.65. The quantitative estimate of drug-likeness (QED) is 0.742. The molecule has 1 aromatic heterocycles. The summed E-state index contributed by atoms with van der Waals surface area (Å²) in [5.74, 6) is 1.50. The number of hydrogen-bond donors (Lipinski definition) is 2. The zero-order valence-corrected chi connectivity index (χ0v) is 15.4. The molecule has 3 aromatic rings. The minimum Gasteiger partial charge on any atom is -0.317 e. The second-order valence-electron chi connectivity index (χ2n) is 6.46. The molecule has 0 bridgehead atoms. The number of carbonyl (C=O) groups excluding carboxylic acids is 1. The van der Waals surface area contributed by atoms with E-state index in [-0.39, 0.29) is 18.3 Å². The molecule has 0 radical (unpaired) electrons. The summed E-state index contributed by atoms with van der Waals surface area (Å²) in [6.45, 7) is 1.98. The molecule has 0 atom stereocenters. The highest BCUT2D eigenvalue weighted by atomic mass is 35.5. The number of benzene rings is 2. The van der Waals surface area contributed by atoms with E-state index in [0.717, 1.165) is 42.5 Å². The van der Waals surface area contributed by atoms with Crippen molar-refractivity contribution >= 4 is 35.0 Å². The van der Waals surface area contributed by atoms with Gasteiger partial charge in [-0.15, -0.1) is 12.4 Å². The van der Waals surface area contributed by atoms with Crippen LogP contribution in [0.5, 0.6) is 0 Å². The molecule has 1 fully saturated rings. The van der Waals surface area contributed by atoms with Crippen molar-refractivity contribution in [3.63, 3.8) is 0 Å². The minimum absolute atomic E-state index is 0. The lowest BCUT2D eigenvalue weighted by molar-refractivity contribution is 0.102. The van der Waals surface area contributed by atoms with Crippen LogP contribution in [0.15, 0.2) is 42.5 Å². The Morgan fingerprint density at radius 3 is 2.65 bits per heavy atom. The number of nitrogens with one attached hydrogen (secondary N) is 2. The first-order valence-electron chi connectivity index (χ1n) is 8.62. The largest absolute Gasteiger partial charge is 0.317 e. The van der Waals surface area contributed by atoms with Crippen molar-refractivity contribution in [2.75, 3.05) is 18.4 Å². The predicted molar refractivity (Wildman–Crippen MR) is 105 cm³/mol. The fourth-order valence-electron chi connectivity index (χ4n) is 3.27. The van der Waals surface area contributed by atoms with Gasteiger partial charge in [-0.3, -0.25) is 10.1 Å². The summed E-state index contributed by atoms with van der Waals surface area (Å²) in [7, 11) is 1.81. The molecule has 2 N–H and O–H groups in total. The third-order valence-electron chi connectivity index (χ3n) is 4.72. The highest BCUT2D eigenvalue weighted by molar-refractivity contribution is 6.05. The van der Waals surface area contributed by atoms with Crippen molar-refractivity contribution in [2.45, 2.75) is 18.8 Å². The zero-order chi connectivity index (χ0) is 17.2. The number of nitrogens with zero attached hydrogens (tertiary/aromatic N) is 3. The van der Waals surface area contributed by atoms with Crippen LogP contribution in [0, 0.1) is 0 Å². The SMILES string of the molecule is Cl.Cn1nc(C2CCNCC2)nc1NC(=O)c1ccc2ccccc2c1. The third-order valence-corrected chi connectivity index (χ3v) is 4.72. The van der Waals surface area contributed by atoms with Crippen LogP contribution in [-0.2, 0) is 7.05 Å². The van der Waals surface area contributed by atoms with Crippen LogP contribution in [0.2, 0.25) is 0 Å². The lowest BCUT2D eigenvalue weighted by atomic mass is 9.98. The summed E-state index contributed by atoms with van der Waals surface area (Å²) in [6, 6.07) is 13.7. The average Bonchev–Trinajstić information content (AvgIpc) is 3.02. The van der Waals surface area contributed by atoms with Gasteiger partial charge in [-0.2, -0.15) is 10.1 Å². The van der Waals surface area contributed by atoms with Crippen molar-refractivity contribution in [3.8, 4) is 0 Å². The van der Waals surface area contributed by atoms with Crippen LogP contribution in [-0.4, -0.2) is 33.8 Å². The molecule has 6 nitrogen and oxygen atoms in total. The molecule has 1 aliphatic rings. The molecule has 7 heteroatoms. The number of amides is 1. The van der Waals surface area contributed by atoms with E-state index >= 15 is 0 Å². The van der Waals surface area contributed by atoms with Gasteiger partial charge in [0.2, 0.25) is 5.95 Å². The number of carbonyl (C=O) groups is 1. The van der Waals surface area contributed by atoms with Crippen LogP contribution in [0.1, 0.15) is 34.9 Å². The Balaban J connectivity index is 0.00000196. The Hall–Kier alpha value is -2.44. The molecular weight excluding hydrogens is 350 g/mol. The van der Waals surface area contributed by atoms with E-state index in [1.165, 1.54) is 0 Å². The first kappa shape index (κ1) is 18.4. The molecule has 1 aliphatic heterocycles. The molecule has 0 aliphatic carbocycles. The summed E-state index contributed by atoms with van der Waals surface area (Å²) in [5, 5.41) is 12.9. The Labute approximate surface area is 158 Å². The van der Waals surface area contributed by atoms with Gasteiger partial charge in [-0.05, 0) is 48.8 Å². The molecule has 0 unspecified atom stereocenters. The molecule has 4 rings (SSSR count). The van der Waals surface area contributed by atoms with Gasteiger partial charge in [-0.1, -0.05) is 30.3 Å². The van der Waals surface area contributed by atoms with Gasteiger partial charge >= 0.3 is 0 Å². The van der Waals surface area contributed by atoms with Gasteiger partial charge in [0.15, 0.2) is 5.82 Å². The monoisotopic (exact) mass is 371 g/mol. The van der Waals surface area contributed by atoms with Crippen molar-refractivity contribution < 1.29 is 4.79 Å². The molecule has 1 saturated heterocycles. The van der Waals surface area contributed by atoms with Gasteiger partial charge < -0.3 is 5.32 Å². The van der Waals surface area contributed by atoms with Crippen LogP contribution < -0.4 is 10.6 Å². The Kier molecular flexibility index (Phi) is 5.54. The van der Waals surface area contributed by atoms with E-state index in [4.69, 9.17) is 0 Å². The predicted octanol–water partition coefficient (Wildman–Crippen LogP) is 3.11. The van der Waals surface area contributed by atoms with Crippen molar-refractivity contribution in [1.29, 1.82) is 0 Å². The number of aromatic nitrogens is 3. The van der Waals surface area contributed by atoms with Gasteiger partial charge in [0.25, 0.3) is 5.91 Å². The van der Waals surface area contributed by atoms with Gasteiger partial charge in [-0.25, -0.2) is 4.68 Å². The standard InChI is InChI=1S/C19H21N5O.ClH/c1-24-19(21-17(23-24)14-8-10-20-11-9-14)22-18(25)16-7-6-13-4-2-3-5-15(13)12-16;/h2-7,12,14,20H,8-11H2,1H3,(H,21,22,23,25);1H. The highest BCUT2D eigenvalue weighted by Gasteiger charge is 2.21. The van der Waals surface area contributed by atoms with Crippen LogP contribution in [0.3, 0.4) is 0 Å². The van der Waals surface area contributed by atoms with Crippen LogP contribution in [0.25, 0.3) is 10.8 Å². The van der Waals surface area contributed by atoms with E-state index in [2.05, 4.69) is 20.7 Å². The first-order chi connectivity index (χ1) is 12.2. The lowest BCUT2D eigenvalue weighted by Crippen LogP contribution is -2.27. The Morgan fingerprint density at radius 1 is 1.15 bits per heavy atom. The molecule has 0 saturated carbocycles. The normalized spacial score (nSPS) is 14.8. The van der Waals surface area contributed by atoms with Gasteiger partial charge in [0.05, 0.1) is 0 Å². The Bertz CT molecular complexity index is 917. The van der Waals surface area contributed by atoms with Crippen molar-refractivity contribution in [1.82, 2.24) is 20.1 Å².